The van der Waals surface area contributed by atoms with Crippen molar-refractivity contribution in [3.05, 3.63) is 47.7 Å². The average molecular weight is 243 g/mol. The van der Waals surface area contributed by atoms with E-state index in [1.165, 1.54) is 24.4 Å². The number of rotatable bonds is 3. The number of carbonyl (C=O) groups excluding carboxylic acids is 1. The number of benzene rings is 1. The Morgan fingerprint density at radius 1 is 1.29 bits per heavy atom. The second-order valence-corrected chi connectivity index (χ2v) is 3.72. The lowest BCUT2D eigenvalue weighted by Gasteiger charge is -2.07. The lowest BCUT2D eigenvalue weighted by Crippen LogP contribution is -2.07. The molecule has 0 aliphatic heterocycles. The maximum absolute atomic E-state index is 12.4. The molecule has 0 bridgehead atoms. The SMILES string of the molecule is CN(C)/C=C/C(=O)c1cccc(C(F)(F)F)c1. The summed E-state index contributed by atoms with van der Waals surface area (Å²) >= 11 is 0. The van der Waals surface area contributed by atoms with E-state index in [2.05, 4.69) is 0 Å². The van der Waals surface area contributed by atoms with Crippen LogP contribution in [0.15, 0.2) is 36.5 Å². The maximum Gasteiger partial charge on any atom is 0.416 e. The molecule has 0 unspecified atom stereocenters. The van der Waals surface area contributed by atoms with Gasteiger partial charge in [-0.3, -0.25) is 4.79 Å². The fraction of sp³-hybridized carbons (Fsp3) is 0.250. The molecular weight excluding hydrogens is 231 g/mol. The van der Waals surface area contributed by atoms with Crippen LogP contribution in [0.5, 0.6) is 0 Å². The van der Waals surface area contributed by atoms with Crippen molar-refractivity contribution in [3.63, 3.8) is 0 Å². The third-order valence-electron chi connectivity index (χ3n) is 2.00. The van der Waals surface area contributed by atoms with Crippen molar-refractivity contribution < 1.29 is 18.0 Å². The lowest BCUT2D eigenvalue weighted by atomic mass is 10.1. The van der Waals surface area contributed by atoms with Gasteiger partial charge >= 0.3 is 6.18 Å². The second-order valence-electron chi connectivity index (χ2n) is 3.72. The van der Waals surface area contributed by atoms with Crippen LogP contribution in [0.2, 0.25) is 0 Å². The first-order valence-corrected chi connectivity index (χ1v) is 4.87. The van der Waals surface area contributed by atoms with E-state index in [4.69, 9.17) is 0 Å². The predicted molar refractivity (Wildman–Crippen MR) is 58.6 cm³/mol. The van der Waals surface area contributed by atoms with Crippen molar-refractivity contribution in [2.24, 2.45) is 0 Å². The smallest absolute Gasteiger partial charge is 0.383 e. The zero-order chi connectivity index (χ0) is 13.1. The quantitative estimate of drug-likeness (QED) is 0.601. The number of hydrogen-bond donors (Lipinski definition) is 0. The number of nitrogens with zero attached hydrogens (tertiary/aromatic N) is 1. The van der Waals surface area contributed by atoms with Crippen LogP contribution in [0.25, 0.3) is 0 Å². The van der Waals surface area contributed by atoms with Gasteiger partial charge in [0.1, 0.15) is 0 Å². The lowest BCUT2D eigenvalue weighted by molar-refractivity contribution is -0.137. The van der Waals surface area contributed by atoms with E-state index >= 15 is 0 Å². The fourth-order valence-electron chi connectivity index (χ4n) is 1.16. The molecule has 5 heteroatoms. The van der Waals surface area contributed by atoms with Crippen LogP contribution in [-0.4, -0.2) is 24.8 Å². The Balaban J connectivity index is 2.96. The number of ketones is 1. The van der Waals surface area contributed by atoms with Gasteiger partial charge in [0.05, 0.1) is 5.56 Å². The molecule has 0 heterocycles. The molecule has 0 spiro atoms. The van der Waals surface area contributed by atoms with Crippen LogP contribution in [-0.2, 0) is 6.18 Å². The van der Waals surface area contributed by atoms with Gasteiger partial charge in [-0.2, -0.15) is 13.2 Å². The zero-order valence-corrected chi connectivity index (χ0v) is 9.45. The molecule has 2 nitrogen and oxygen atoms in total. The highest BCUT2D eigenvalue weighted by atomic mass is 19.4. The van der Waals surface area contributed by atoms with Crippen LogP contribution < -0.4 is 0 Å². The molecule has 0 saturated heterocycles. The molecule has 92 valence electrons. The highest BCUT2D eigenvalue weighted by Gasteiger charge is 2.30. The minimum Gasteiger partial charge on any atom is -0.383 e. The van der Waals surface area contributed by atoms with Crippen LogP contribution in [0.1, 0.15) is 15.9 Å². The number of carbonyl (C=O) groups is 1. The van der Waals surface area contributed by atoms with Crippen molar-refractivity contribution in [3.8, 4) is 0 Å². The minimum absolute atomic E-state index is 0.0259. The Bertz CT molecular complexity index is 436. The predicted octanol–water partition coefficient (Wildman–Crippen LogP) is 2.96. The summed E-state index contributed by atoms with van der Waals surface area (Å²) in [6.45, 7) is 0. The van der Waals surface area contributed by atoms with Crippen LogP contribution >= 0.6 is 0 Å². The Morgan fingerprint density at radius 2 is 1.94 bits per heavy atom. The largest absolute Gasteiger partial charge is 0.416 e. The summed E-state index contributed by atoms with van der Waals surface area (Å²) in [4.78, 5) is 13.2. The Morgan fingerprint density at radius 3 is 2.47 bits per heavy atom. The van der Waals surface area contributed by atoms with Gasteiger partial charge in [-0.05, 0) is 12.1 Å². The molecule has 0 fully saturated rings. The van der Waals surface area contributed by atoms with Gasteiger partial charge in [-0.1, -0.05) is 12.1 Å². The first-order chi connectivity index (χ1) is 7.80. The zero-order valence-electron chi connectivity index (χ0n) is 9.45. The van der Waals surface area contributed by atoms with Crippen LogP contribution in [0.4, 0.5) is 13.2 Å². The first kappa shape index (κ1) is 13.3. The van der Waals surface area contributed by atoms with Crippen molar-refractivity contribution in [2.45, 2.75) is 6.18 Å². The van der Waals surface area contributed by atoms with Gasteiger partial charge in [0.15, 0.2) is 5.78 Å². The van der Waals surface area contributed by atoms with E-state index in [0.29, 0.717) is 0 Å². The van der Waals surface area contributed by atoms with Crippen molar-refractivity contribution in [1.29, 1.82) is 0 Å². The highest BCUT2D eigenvalue weighted by Crippen LogP contribution is 2.29. The van der Waals surface area contributed by atoms with Crippen molar-refractivity contribution >= 4 is 5.78 Å². The number of halogens is 3. The fourth-order valence-corrected chi connectivity index (χ4v) is 1.16. The van der Waals surface area contributed by atoms with Gasteiger partial charge < -0.3 is 4.90 Å². The van der Waals surface area contributed by atoms with Gasteiger partial charge in [0.2, 0.25) is 0 Å². The molecule has 1 rings (SSSR count). The molecule has 0 atom stereocenters. The van der Waals surface area contributed by atoms with Gasteiger partial charge in [0.25, 0.3) is 0 Å². The van der Waals surface area contributed by atoms with Gasteiger partial charge in [0, 0.05) is 31.9 Å². The van der Waals surface area contributed by atoms with E-state index in [0.717, 1.165) is 12.1 Å². The Labute approximate surface area is 97.3 Å². The van der Waals surface area contributed by atoms with Gasteiger partial charge in [-0.15, -0.1) is 0 Å². The molecule has 1 aromatic carbocycles. The minimum atomic E-state index is -4.43. The van der Waals surface area contributed by atoms with Crippen molar-refractivity contribution in [1.82, 2.24) is 4.90 Å². The third-order valence-corrected chi connectivity index (χ3v) is 2.00. The molecule has 0 N–H and O–H groups in total. The number of hydrogen-bond acceptors (Lipinski definition) is 2. The summed E-state index contributed by atoms with van der Waals surface area (Å²) < 4.78 is 37.2. The van der Waals surface area contributed by atoms with Crippen molar-refractivity contribution in [2.75, 3.05) is 14.1 Å². The van der Waals surface area contributed by atoms with Crippen LogP contribution in [0.3, 0.4) is 0 Å². The molecule has 0 amide bonds. The molecule has 0 radical (unpaired) electrons. The molecule has 0 aliphatic rings. The standard InChI is InChI=1S/C12H12F3NO/c1-16(2)7-6-11(17)9-4-3-5-10(8-9)12(13,14)15/h3-8H,1-2H3/b7-6+. The molecule has 17 heavy (non-hydrogen) atoms. The second kappa shape index (κ2) is 5.03. The molecule has 0 saturated carbocycles. The number of allylic oxidation sites excluding steroid dienone is 1. The molecule has 0 aliphatic carbocycles. The van der Waals surface area contributed by atoms with Crippen LogP contribution in [0, 0.1) is 0 Å². The normalized spacial score (nSPS) is 11.8. The van der Waals surface area contributed by atoms with Gasteiger partial charge in [-0.25, -0.2) is 0 Å². The topological polar surface area (TPSA) is 20.3 Å². The van der Waals surface area contributed by atoms with E-state index in [9.17, 15) is 18.0 Å². The Hall–Kier alpha value is -1.78. The summed E-state index contributed by atoms with van der Waals surface area (Å²) in [6, 6.07) is 4.37. The number of alkyl halides is 3. The van der Waals surface area contributed by atoms with E-state index < -0.39 is 17.5 Å². The summed E-state index contributed by atoms with van der Waals surface area (Å²) in [6.07, 6.45) is -1.71. The Kier molecular flexibility index (Phi) is 3.93. The summed E-state index contributed by atoms with van der Waals surface area (Å²) in [5.41, 5.74) is -0.792. The van der Waals surface area contributed by atoms with E-state index in [1.807, 2.05) is 0 Å². The highest BCUT2D eigenvalue weighted by molar-refractivity contribution is 6.04. The first-order valence-electron chi connectivity index (χ1n) is 4.87. The molecule has 0 aromatic heterocycles. The third kappa shape index (κ3) is 3.94. The molecule has 1 aromatic rings. The summed E-state index contributed by atoms with van der Waals surface area (Å²) in [5, 5.41) is 0. The maximum atomic E-state index is 12.4. The monoisotopic (exact) mass is 243 g/mol. The average Bonchev–Trinajstić information content (AvgIpc) is 2.25. The van der Waals surface area contributed by atoms with E-state index in [1.54, 1.807) is 19.0 Å². The molecular formula is C12H12F3NO. The van der Waals surface area contributed by atoms with E-state index in [-0.39, 0.29) is 5.56 Å². The summed E-state index contributed by atoms with van der Waals surface area (Å²) in [7, 11) is 3.44. The summed E-state index contributed by atoms with van der Waals surface area (Å²) in [5.74, 6) is -0.454.